The number of guanidine groups is 1. The number of benzene rings is 3. The third-order valence-corrected chi connectivity index (χ3v) is 6.40. The Morgan fingerprint density at radius 3 is 2.28 bits per heavy atom. The Labute approximate surface area is 220 Å². The summed E-state index contributed by atoms with van der Waals surface area (Å²) in [4.78, 5) is 16.8. The van der Waals surface area contributed by atoms with E-state index in [2.05, 4.69) is 17.4 Å². The van der Waals surface area contributed by atoms with Gasteiger partial charge in [-0.1, -0.05) is 77.8 Å². The van der Waals surface area contributed by atoms with Gasteiger partial charge in [0.2, 0.25) is 11.9 Å². The largest absolute Gasteiger partial charge is 0.391 e. The second-order valence-electron chi connectivity index (χ2n) is 8.57. The molecular weight excluding hydrogens is 497 g/mol. The van der Waals surface area contributed by atoms with Crippen molar-refractivity contribution >= 4 is 40.8 Å². The van der Waals surface area contributed by atoms with E-state index in [1.165, 1.54) is 6.92 Å². The first-order valence-electron chi connectivity index (χ1n) is 11.5. The average Bonchev–Trinajstić information content (AvgIpc) is 3.31. The molecule has 0 saturated heterocycles. The van der Waals surface area contributed by atoms with Gasteiger partial charge in [0.25, 0.3) is 0 Å². The smallest absolute Gasteiger partial charge is 0.242 e. The summed E-state index contributed by atoms with van der Waals surface area (Å²) in [5, 5.41) is 21.1. The lowest BCUT2D eigenvalue weighted by molar-refractivity contribution is -0.121. The lowest BCUT2D eigenvalue weighted by Gasteiger charge is -2.25. The van der Waals surface area contributed by atoms with Crippen LogP contribution in [0.25, 0.3) is 0 Å². The van der Waals surface area contributed by atoms with Crippen LogP contribution in [0.15, 0.2) is 89.0 Å². The molecule has 3 atom stereocenters. The summed E-state index contributed by atoms with van der Waals surface area (Å²) in [6.45, 7) is 2.28. The van der Waals surface area contributed by atoms with Crippen LogP contribution in [-0.2, 0) is 11.3 Å². The van der Waals surface area contributed by atoms with E-state index in [0.29, 0.717) is 29.1 Å². The fourth-order valence-corrected chi connectivity index (χ4v) is 4.24. The second-order valence-corrected chi connectivity index (χ2v) is 9.44. The van der Waals surface area contributed by atoms with Crippen molar-refractivity contribution in [3.63, 3.8) is 0 Å². The van der Waals surface area contributed by atoms with Crippen molar-refractivity contribution in [3.8, 4) is 0 Å². The van der Waals surface area contributed by atoms with Gasteiger partial charge in [-0.15, -0.1) is 0 Å². The molecule has 0 aromatic heterocycles. The SMILES string of the molecule is C[C@H](O)[C@@H](N/C(=N\Cc1ccc(Cl)cc1)N1C[C@H](c2ccccc2)C(c2ccc(Cl)cc2)=N1)C(N)=O. The summed E-state index contributed by atoms with van der Waals surface area (Å²) >= 11 is 12.1. The van der Waals surface area contributed by atoms with Gasteiger partial charge in [0.1, 0.15) is 6.04 Å². The molecule has 3 aromatic carbocycles. The lowest BCUT2D eigenvalue weighted by Crippen LogP contribution is -2.54. The van der Waals surface area contributed by atoms with Crippen LogP contribution in [-0.4, -0.2) is 46.4 Å². The highest BCUT2D eigenvalue weighted by Crippen LogP contribution is 2.29. The normalized spacial score (nSPS) is 17.4. The summed E-state index contributed by atoms with van der Waals surface area (Å²) in [5.74, 6) is -0.419. The minimum absolute atomic E-state index is 0.0616. The van der Waals surface area contributed by atoms with Crippen LogP contribution < -0.4 is 11.1 Å². The first-order valence-corrected chi connectivity index (χ1v) is 12.3. The molecule has 7 nitrogen and oxygen atoms in total. The van der Waals surface area contributed by atoms with Crippen molar-refractivity contribution in [1.29, 1.82) is 0 Å². The number of carbonyl (C=O) groups is 1. The molecule has 1 aliphatic rings. The van der Waals surface area contributed by atoms with Crippen LogP contribution in [0.4, 0.5) is 0 Å². The molecule has 1 heterocycles. The first kappa shape index (κ1) is 25.7. The van der Waals surface area contributed by atoms with E-state index in [9.17, 15) is 9.90 Å². The van der Waals surface area contributed by atoms with Gasteiger partial charge in [-0.3, -0.25) is 4.79 Å². The van der Waals surface area contributed by atoms with Crippen LogP contribution in [0.5, 0.6) is 0 Å². The van der Waals surface area contributed by atoms with Gasteiger partial charge in [0, 0.05) is 16.0 Å². The lowest BCUT2D eigenvalue weighted by atomic mass is 9.91. The number of nitrogens with two attached hydrogens (primary N) is 1. The van der Waals surface area contributed by atoms with Gasteiger partial charge in [-0.05, 0) is 47.9 Å². The number of hydrogen-bond donors (Lipinski definition) is 3. The number of aliphatic hydroxyl groups is 1. The van der Waals surface area contributed by atoms with E-state index in [-0.39, 0.29) is 5.92 Å². The van der Waals surface area contributed by atoms with Crippen molar-refractivity contribution in [2.75, 3.05) is 6.54 Å². The van der Waals surface area contributed by atoms with Gasteiger partial charge >= 0.3 is 0 Å². The fourth-order valence-electron chi connectivity index (χ4n) is 3.99. The molecule has 0 aliphatic carbocycles. The number of hydrogen-bond acceptors (Lipinski definition) is 4. The molecule has 1 aliphatic heterocycles. The Hall–Kier alpha value is -3.39. The zero-order chi connectivity index (χ0) is 25.7. The van der Waals surface area contributed by atoms with E-state index in [4.69, 9.17) is 39.0 Å². The highest BCUT2D eigenvalue weighted by atomic mass is 35.5. The molecule has 4 rings (SSSR count). The molecule has 0 unspecified atom stereocenters. The summed E-state index contributed by atoms with van der Waals surface area (Å²) in [6, 6.07) is 23.9. The predicted octanol–water partition coefficient (Wildman–Crippen LogP) is 4.18. The number of aliphatic hydroxyl groups excluding tert-OH is 1. The van der Waals surface area contributed by atoms with Gasteiger partial charge in [0.15, 0.2) is 0 Å². The van der Waals surface area contributed by atoms with Crippen LogP contribution in [0.1, 0.15) is 29.5 Å². The summed E-state index contributed by atoms with van der Waals surface area (Å²) in [6.07, 6.45) is -1.03. The van der Waals surface area contributed by atoms with E-state index in [1.807, 2.05) is 54.6 Å². The Kier molecular flexibility index (Phi) is 8.25. The number of nitrogens with one attached hydrogen (secondary N) is 1. The maximum absolute atomic E-state index is 12.1. The molecule has 0 bridgehead atoms. The topological polar surface area (TPSA) is 103 Å². The van der Waals surface area contributed by atoms with Crippen LogP contribution in [0.2, 0.25) is 10.0 Å². The molecule has 0 saturated carbocycles. The Morgan fingerprint density at radius 1 is 1.08 bits per heavy atom. The molecule has 1 amide bonds. The minimum atomic E-state index is -1.04. The number of hydrazone groups is 1. The number of nitrogens with zero attached hydrogens (tertiary/aromatic N) is 3. The van der Waals surface area contributed by atoms with Gasteiger partial charge < -0.3 is 16.2 Å². The van der Waals surface area contributed by atoms with Crippen LogP contribution >= 0.6 is 23.2 Å². The molecule has 186 valence electrons. The molecule has 36 heavy (non-hydrogen) atoms. The Morgan fingerprint density at radius 2 is 1.69 bits per heavy atom. The van der Waals surface area contributed by atoms with Gasteiger partial charge in [-0.25, -0.2) is 10.0 Å². The molecule has 0 fully saturated rings. The summed E-state index contributed by atoms with van der Waals surface area (Å²) in [5.41, 5.74) is 9.34. The van der Waals surface area contributed by atoms with Crippen LogP contribution in [0, 0.1) is 0 Å². The van der Waals surface area contributed by atoms with Crippen molar-refractivity contribution in [2.45, 2.75) is 31.5 Å². The number of amides is 1. The highest BCUT2D eigenvalue weighted by molar-refractivity contribution is 6.31. The number of carbonyl (C=O) groups excluding carboxylic acids is 1. The van der Waals surface area contributed by atoms with E-state index in [0.717, 1.165) is 22.4 Å². The third kappa shape index (κ3) is 6.23. The zero-order valence-corrected chi connectivity index (χ0v) is 21.2. The first-order chi connectivity index (χ1) is 17.3. The monoisotopic (exact) mass is 523 g/mol. The van der Waals surface area contributed by atoms with Crippen molar-refractivity contribution < 1.29 is 9.90 Å². The standard InChI is InChI=1S/C27H27Cl2N5O2/c1-17(35)24(26(30)36)32-27(31-15-18-7-11-21(28)12-8-18)34-16-23(19-5-3-2-4-6-19)25(33-34)20-9-13-22(29)14-10-20/h2-14,17,23-24,35H,15-16H2,1H3,(H2,30,36)(H,31,32)/t17-,23+,24+/m0/s1. The van der Waals surface area contributed by atoms with E-state index in [1.54, 1.807) is 17.1 Å². The molecular formula is C27H27Cl2N5O2. The van der Waals surface area contributed by atoms with E-state index >= 15 is 0 Å². The van der Waals surface area contributed by atoms with Gasteiger partial charge in [0.05, 0.1) is 24.9 Å². The third-order valence-electron chi connectivity index (χ3n) is 5.90. The van der Waals surface area contributed by atoms with Crippen LogP contribution in [0.3, 0.4) is 0 Å². The van der Waals surface area contributed by atoms with E-state index < -0.39 is 18.1 Å². The van der Waals surface area contributed by atoms with Crippen molar-refractivity contribution in [2.24, 2.45) is 15.8 Å². The molecule has 0 radical (unpaired) electrons. The Bertz CT molecular complexity index is 1250. The van der Waals surface area contributed by atoms with Crippen molar-refractivity contribution in [3.05, 3.63) is 106 Å². The van der Waals surface area contributed by atoms with Crippen molar-refractivity contribution in [1.82, 2.24) is 10.3 Å². The maximum Gasteiger partial charge on any atom is 0.242 e. The average molecular weight is 524 g/mol. The molecule has 0 spiro atoms. The quantitative estimate of drug-likeness (QED) is 0.319. The number of rotatable bonds is 7. The van der Waals surface area contributed by atoms with Gasteiger partial charge in [-0.2, -0.15) is 5.10 Å². The number of primary amides is 1. The second kappa shape index (κ2) is 11.6. The highest BCUT2D eigenvalue weighted by Gasteiger charge is 2.33. The Balaban J connectivity index is 1.72. The fraction of sp³-hybridized carbons (Fsp3) is 0.222. The molecule has 3 aromatic rings. The minimum Gasteiger partial charge on any atom is -0.391 e. The number of aliphatic imine (C=N–C) groups is 1. The summed E-state index contributed by atoms with van der Waals surface area (Å²) in [7, 11) is 0. The molecule has 9 heteroatoms. The molecule has 4 N–H and O–H groups in total. The summed E-state index contributed by atoms with van der Waals surface area (Å²) < 4.78 is 0. The maximum atomic E-state index is 12.1. The predicted molar refractivity (Wildman–Crippen MR) is 144 cm³/mol. The zero-order valence-electron chi connectivity index (χ0n) is 19.7. The number of halogens is 2.